The van der Waals surface area contributed by atoms with Gasteiger partial charge in [-0.25, -0.2) is 17.5 Å². The summed E-state index contributed by atoms with van der Waals surface area (Å²) >= 11 is 0. The Morgan fingerprint density at radius 3 is 2.83 bits per heavy atom. The van der Waals surface area contributed by atoms with E-state index in [0.29, 0.717) is 19.5 Å². The largest absolute Gasteiger partial charge is 0.340 e. The molecule has 2 heterocycles. The highest BCUT2D eigenvalue weighted by atomic mass is 32.2. The lowest BCUT2D eigenvalue weighted by Crippen LogP contribution is -2.53. The molecule has 2 fully saturated rings. The van der Waals surface area contributed by atoms with Crippen LogP contribution in [0.1, 0.15) is 25.7 Å². The number of carbonyl (C=O) groups excluding carboxylic acids is 1. The van der Waals surface area contributed by atoms with Crippen LogP contribution in [0.2, 0.25) is 0 Å². The molecule has 6 nitrogen and oxygen atoms in total. The second-order valence-electron chi connectivity index (χ2n) is 6.35. The summed E-state index contributed by atoms with van der Waals surface area (Å²) in [5.41, 5.74) is 0. The number of nitrogens with one attached hydrogen (secondary N) is 2. The van der Waals surface area contributed by atoms with Gasteiger partial charge in [0.05, 0.1) is 10.9 Å². The summed E-state index contributed by atoms with van der Waals surface area (Å²) < 4.78 is 40.7. The lowest BCUT2D eigenvalue weighted by molar-refractivity contribution is -0.134. The number of hydrogen-bond donors (Lipinski definition) is 2. The van der Waals surface area contributed by atoms with Crippen molar-refractivity contribution in [3.05, 3.63) is 30.1 Å². The highest BCUT2D eigenvalue weighted by Crippen LogP contribution is 2.17. The first-order valence-electron chi connectivity index (χ1n) is 8.26. The van der Waals surface area contributed by atoms with Crippen LogP contribution in [0.4, 0.5) is 4.39 Å². The number of benzene rings is 1. The van der Waals surface area contributed by atoms with Crippen molar-refractivity contribution in [1.29, 1.82) is 0 Å². The molecule has 0 radical (unpaired) electrons. The fourth-order valence-corrected chi connectivity index (χ4v) is 4.60. The molecule has 2 atom stereocenters. The normalized spacial score (nSPS) is 25.0. The minimum Gasteiger partial charge on any atom is -0.340 e. The summed E-state index contributed by atoms with van der Waals surface area (Å²) in [6, 6.07) is 4.43. The highest BCUT2D eigenvalue weighted by Gasteiger charge is 2.32. The Morgan fingerprint density at radius 2 is 2.12 bits per heavy atom. The molecule has 8 heteroatoms. The topological polar surface area (TPSA) is 78.5 Å². The lowest BCUT2D eigenvalue weighted by atomic mass is 10.1. The standard InChI is InChI=1S/C16H22FN3O3S/c17-12-4-1-6-14(10-12)24(22,23)19-13-5-3-9-20(11-13)16(21)15-7-2-8-18-15/h1,4,6,10,13,15,18-19H,2-3,5,7-9,11H2. The molecule has 0 saturated carbocycles. The van der Waals surface area contributed by atoms with E-state index < -0.39 is 15.8 Å². The summed E-state index contributed by atoms with van der Waals surface area (Å²) in [6.07, 6.45) is 3.22. The number of hydrogen-bond acceptors (Lipinski definition) is 4. The number of nitrogens with zero attached hydrogens (tertiary/aromatic N) is 1. The van der Waals surface area contributed by atoms with Crippen LogP contribution in [0.25, 0.3) is 0 Å². The van der Waals surface area contributed by atoms with Crippen LogP contribution in [0.5, 0.6) is 0 Å². The second kappa shape index (κ2) is 7.16. The van der Waals surface area contributed by atoms with Crippen molar-refractivity contribution in [2.75, 3.05) is 19.6 Å². The average Bonchev–Trinajstić information content (AvgIpc) is 3.08. The van der Waals surface area contributed by atoms with Crippen LogP contribution in [-0.2, 0) is 14.8 Å². The van der Waals surface area contributed by atoms with Crippen LogP contribution in [-0.4, -0.2) is 50.9 Å². The zero-order valence-electron chi connectivity index (χ0n) is 13.4. The first-order chi connectivity index (χ1) is 11.5. The Labute approximate surface area is 141 Å². The summed E-state index contributed by atoms with van der Waals surface area (Å²) in [5.74, 6) is -0.548. The van der Waals surface area contributed by atoms with Gasteiger partial charge in [0.25, 0.3) is 0 Å². The molecule has 0 bridgehead atoms. The van der Waals surface area contributed by atoms with E-state index in [1.807, 2.05) is 0 Å². The van der Waals surface area contributed by atoms with Gasteiger partial charge in [0.15, 0.2) is 0 Å². The van der Waals surface area contributed by atoms with Crippen LogP contribution in [0, 0.1) is 5.82 Å². The third-order valence-electron chi connectivity index (χ3n) is 4.52. The lowest BCUT2D eigenvalue weighted by Gasteiger charge is -2.34. The number of carbonyl (C=O) groups is 1. The number of halogens is 1. The number of amides is 1. The Bertz CT molecular complexity index is 704. The maximum absolute atomic E-state index is 13.3. The van der Waals surface area contributed by atoms with Crippen LogP contribution in [0.3, 0.4) is 0 Å². The van der Waals surface area contributed by atoms with Gasteiger partial charge in [-0.2, -0.15) is 0 Å². The van der Waals surface area contributed by atoms with E-state index in [4.69, 9.17) is 0 Å². The summed E-state index contributed by atoms with van der Waals surface area (Å²) in [4.78, 5) is 14.1. The van der Waals surface area contributed by atoms with Crippen molar-refractivity contribution in [2.45, 2.75) is 42.7 Å². The Hall–Kier alpha value is -1.51. The predicted molar refractivity (Wildman–Crippen MR) is 87.3 cm³/mol. The minimum atomic E-state index is -3.79. The maximum atomic E-state index is 13.3. The average molecular weight is 355 g/mol. The molecule has 3 rings (SSSR count). The monoisotopic (exact) mass is 355 g/mol. The van der Waals surface area contributed by atoms with E-state index in [2.05, 4.69) is 10.0 Å². The first kappa shape index (κ1) is 17.3. The predicted octanol–water partition coefficient (Wildman–Crippen LogP) is 0.847. The number of rotatable bonds is 4. The highest BCUT2D eigenvalue weighted by molar-refractivity contribution is 7.89. The van der Waals surface area contributed by atoms with Crippen LogP contribution >= 0.6 is 0 Å². The van der Waals surface area contributed by atoms with Gasteiger partial charge in [0, 0.05) is 19.1 Å². The molecule has 0 spiro atoms. The molecule has 1 amide bonds. The third kappa shape index (κ3) is 3.93. The molecular formula is C16H22FN3O3S. The van der Waals surface area contributed by atoms with E-state index in [-0.39, 0.29) is 22.9 Å². The van der Waals surface area contributed by atoms with E-state index in [1.54, 1.807) is 4.90 Å². The van der Waals surface area contributed by atoms with Gasteiger partial charge in [-0.15, -0.1) is 0 Å². The Kier molecular flexibility index (Phi) is 5.17. The van der Waals surface area contributed by atoms with Gasteiger partial charge >= 0.3 is 0 Å². The fourth-order valence-electron chi connectivity index (χ4n) is 3.31. The van der Waals surface area contributed by atoms with Crippen LogP contribution < -0.4 is 10.0 Å². The summed E-state index contributed by atoms with van der Waals surface area (Å²) in [6.45, 7) is 1.85. The Balaban J connectivity index is 1.65. The van der Waals surface area contributed by atoms with Crippen molar-refractivity contribution in [3.63, 3.8) is 0 Å². The molecular weight excluding hydrogens is 333 g/mol. The van der Waals surface area contributed by atoms with Crippen molar-refractivity contribution in [3.8, 4) is 0 Å². The zero-order chi connectivity index (χ0) is 17.2. The second-order valence-corrected chi connectivity index (χ2v) is 8.06. The SMILES string of the molecule is O=C(C1CCCN1)N1CCCC(NS(=O)(=O)c2cccc(F)c2)C1. The quantitative estimate of drug-likeness (QED) is 0.839. The van der Waals surface area contributed by atoms with Crippen molar-refractivity contribution in [2.24, 2.45) is 0 Å². The molecule has 1 aromatic carbocycles. The van der Waals surface area contributed by atoms with E-state index in [1.165, 1.54) is 18.2 Å². The zero-order valence-corrected chi connectivity index (χ0v) is 14.2. The van der Waals surface area contributed by atoms with Crippen LogP contribution in [0.15, 0.2) is 29.2 Å². The molecule has 2 saturated heterocycles. The molecule has 1 aromatic rings. The molecule has 2 aliphatic rings. The molecule has 2 aliphatic heterocycles. The van der Waals surface area contributed by atoms with Gasteiger partial charge < -0.3 is 10.2 Å². The molecule has 2 unspecified atom stereocenters. The fraction of sp³-hybridized carbons (Fsp3) is 0.562. The first-order valence-corrected chi connectivity index (χ1v) is 9.74. The van der Waals surface area contributed by atoms with Gasteiger partial charge in [-0.05, 0) is 50.4 Å². The molecule has 0 aliphatic carbocycles. The minimum absolute atomic E-state index is 0.0437. The van der Waals surface area contributed by atoms with Gasteiger partial charge in [0.1, 0.15) is 5.82 Å². The summed E-state index contributed by atoms with van der Waals surface area (Å²) in [5, 5.41) is 3.18. The molecule has 24 heavy (non-hydrogen) atoms. The van der Waals surface area contributed by atoms with Gasteiger partial charge in [-0.1, -0.05) is 6.07 Å². The Morgan fingerprint density at radius 1 is 1.29 bits per heavy atom. The molecule has 0 aromatic heterocycles. The smallest absolute Gasteiger partial charge is 0.240 e. The van der Waals surface area contributed by atoms with E-state index in [0.717, 1.165) is 31.9 Å². The van der Waals surface area contributed by atoms with Gasteiger partial charge in [-0.3, -0.25) is 4.79 Å². The molecule has 2 N–H and O–H groups in total. The van der Waals surface area contributed by atoms with E-state index in [9.17, 15) is 17.6 Å². The number of likely N-dealkylation sites (tertiary alicyclic amines) is 1. The third-order valence-corrected chi connectivity index (χ3v) is 6.04. The summed E-state index contributed by atoms with van der Waals surface area (Å²) in [7, 11) is -3.79. The number of piperidine rings is 1. The maximum Gasteiger partial charge on any atom is 0.240 e. The van der Waals surface area contributed by atoms with E-state index >= 15 is 0 Å². The van der Waals surface area contributed by atoms with Crippen molar-refractivity contribution >= 4 is 15.9 Å². The van der Waals surface area contributed by atoms with Crippen molar-refractivity contribution in [1.82, 2.24) is 14.9 Å². The number of sulfonamides is 1. The van der Waals surface area contributed by atoms with Gasteiger partial charge in [0.2, 0.25) is 15.9 Å². The molecule has 132 valence electrons. The van der Waals surface area contributed by atoms with Crippen molar-refractivity contribution < 1.29 is 17.6 Å².